The van der Waals surface area contributed by atoms with Crippen molar-refractivity contribution in [3.8, 4) is 5.75 Å². The molecule has 16 heavy (non-hydrogen) atoms. The van der Waals surface area contributed by atoms with Gasteiger partial charge in [0.25, 0.3) is 0 Å². The number of rotatable bonds is 2. The highest BCUT2D eigenvalue weighted by Crippen LogP contribution is 2.18. The van der Waals surface area contributed by atoms with Crippen molar-refractivity contribution >= 4 is 34.5 Å². The van der Waals surface area contributed by atoms with Crippen molar-refractivity contribution in [1.82, 2.24) is 0 Å². The van der Waals surface area contributed by atoms with Crippen LogP contribution in [0.2, 0.25) is 0 Å². The van der Waals surface area contributed by atoms with Gasteiger partial charge in [0.15, 0.2) is 0 Å². The molecule has 0 radical (unpaired) electrons. The summed E-state index contributed by atoms with van der Waals surface area (Å²) in [5.74, 6) is 0.234. The molecule has 0 fully saturated rings. The van der Waals surface area contributed by atoms with Crippen molar-refractivity contribution in [3.05, 3.63) is 57.7 Å². The highest BCUT2D eigenvalue weighted by atomic mass is 127. The third-order valence-electron chi connectivity index (χ3n) is 2.09. The smallest absolute Gasteiger partial charge is 0.117 e. The first-order valence-electron chi connectivity index (χ1n) is 4.83. The van der Waals surface area contributed by atoms with E-state index in [1.165, 1.54) is 0 Å². The lowest BCUT2D eigenvalue weighted by molar-refractivity contribution is 0.475. The molecule has 0 saturated heterocycles. The molecule has 2 rings (SSSR count). The highest BCUT2D eigenvalue weighted by molar-refractivity contribution is 14.1. The van der Waals surface area contributed by atoms with Crippen molar-refractivity contribution in [2.45, 2.75) is 0 Å². The summed E-state index contributed by atoms with van der Waals surface area (Å²) in [6.07, 6.45) is 1.80. The molecule has 2 aromatic carbocycles. The Balaban J connectivity index is 2.25. The molecule has 80 valence electrons. The fourth-order valence-electron chi connectivity index (χ4n) is 1.30. The molecule has 0 unspecified atom stereocenters. The zero-order chi connectivity index (χ0) is 11.4. The van der Waals surface area contributed by atoms with Gasteiger partial charge in [0.05, 0.1) is 5.69 Å². The standard InChI is InChI=1S/C13H10INO/c14-13-7-2-1-4-10(13)9-15-11-5-3-6-12(16)8-11/h1-9,16H. The number of hydrogen-bond donors (Lipinski definition) is 1. The second-order valence-electron chi connectivity index (χ2n) is 3.30. The molecular formula is C13H10INO. The number of halogens is 1. The van der Waals surface area contributed by atoms with Crippen LogP contribution >= 0.6 is 22.6 Å². The number of aliphatic imine (C=N–C) groups is 1. The monoisotopic (exact) mass is 323 g/mol. The van der Waals surface area contributed by atoms with Crippen LogP contribution in [-0.4, -0.2) is 11.3 Å². The average Bonchev–Trinajstić information content (AvgIpc) is 2.28. The largest absolute Gasteiger partial charge is 0.508 e. The molecule has 0 atom stereocenters. The number of nitrogens with zero attached hydrogens (tertiary/aromatic N) is 1. The Morgan fingerprint density at radius 3 is 2.62 bits per heavy atom. The summed E-state index contributed by atoms with van der Waals surface area (Å²) in [6.45, 7) is 0. The van der Waals surface area contributed by atoms with Gasteiger partial charge >= 0.3 is 0 Å². The molecule has 0 amide bonds. The summed E-state index contributed by atoms with van der Waals surface area (Å²) in [4.78, 5) is 4.31. The summed E-state index contributed by atoms with van der Waals surface area (Å²) in [5.41, 5.74) is 1.83. The van der Waals surface area contributed by atoms with Gasteiger partial charge < -0.3 is 5.11 Å². The van der Waals surface area contributed by atoms with Gasteiger partial charge in [0, 0.05) is 21.4 Å². The van der Waals surface area contributed by atoms with Gasteiger partial charge in [-0.3, -0.25) is 4.99 Å². The van der Waals surface area contributed by atoms with Gasteiger partial charge in [-0.1, -0.05) is 24.3 Å². The molecule has 3 heteroatoms. The summed E-state index contributed by atoms with van der Waals surface area (Å²) in [7, 11) is 0. The lowest BCUT2D eigenvalue weighted by Crippen LogP contribution is -1.84. The van der Waals surface area contributed by atoms with Crippen LogP contribution in [0, 0.1) is 3.57 Å². The minimum Gasteiger partial charge on any atom is -0.508 e. The van der Waals surface area contributed by atoms with Crippen LogP contribution in [0.3, 0.4) is 0 Å². The molecule has 0 bridgehead atoms. The quantitative estimate of drug-likeness (QED) is 0.663. The molecular weight excluding hydrogens is 313 g/mol. The molecule has 0 spiro atoms. The minimum atomic E-state index is 0.234. The average molecular weight is 323 g/mol. The molecule has 0 heterocycles. The molecule has 0 aliphatic heterocycles. The van der Waals surface area contributed by atoms with Crippen molar-refractivity contribution < 1.29 is 5.11 Å². The van der Waals surface area contributed by atoms with Crippen LogP contribution in [0.15, 0.2) is 53.5 Å². The van der Waals surface area contributed by atoms with E-state index in [1.807, 2.05) is 30.3 Å². The number of aromatic hydroxyl groups is 1. The van der Waals surface area contributed by atoms with Gasteiger partial charge in [-0.05, 0) is 40.8 Å². The van der Waals surface area contributed by atoms with Gasteiger partial charge in [-0.2, -0.15) is 0 Å². The van der Waals surface area contributed by atoms with E-state index in [0.717, 1.165) is 14.8 Å². The molecule has 1 N–H and O–H groups in total. The lowest BCUT2D eigenvalue weighted by atomic mass is 10.2. The molecule has 0 aromatic heterocycles. The van der Waals surface area contributed by atoms with Gasteiger partial charge in [0.1, 0.15) is 5.75 Å². The minimum absolute atomic E-state index is 0.234. The zero-order valence-electron chi connectivity index (χ0n) is 8.47. The van der Waals surface area contributed by atoms with Crippen LogP contribution in [0.4, 0.5) is 5.69 Å². The Kier molecular flexibility index (Phi) is 3.56. The maximum absolute atomic E-state index is 9.29. The maximum Gasteiger partial charge on any atom is 0.117 e. The van der Waals surface area contributed by atoms with E-state index < -0.39 is 0 Å². The summed E-state index contributed by atoms with van der Waals surface area (Å²) in [6, 6.07) is 14.9. The molecule has 0 saturated carbocycles. The zero-order valence-corrected chi connectivity index (χ0v) is 10.6. The molecule has 2 nitrogen and oxygen atoms in total. The Bertz CT molecular complexity index is 523. The van der Waals surface area contributed by atoms with E-state index in [2.05, 4.69) is 27.6 Å². The van der Waals surface area contributed by atoms with E-state index in [4.69, 9.17) is 0 Å². The van der Waals surface area contributed by atoms with Crippen molar-refractivity contribution in [2.24, 2.45) is 4.99 Å². The maximum atomic E-state index is 9.29. The Morgan fingerprint density at radius 1 is 1.06 bits per heavy atom. The second kappa shape index (κ2) is 5.12. The third-order valence-corrected chi connectivity index (χ3v) is 3.07. The Labute approximate surface area is 108 Å². The molecule has 0 aliphatic carbocycles. The van der Waals surface area contributed by atoms with E-state index in [0.29, 0.717) is 0 Å². The number of hydrogen-bond acceptors (Lipinski definition) is 2. The van der Waals surface area contributed by atoms with Crippen molar-refractivity contribution in [3.63, 3.8) is 0 Å². The van der Waals surface area contributed by atoms with Crippen LogP contribution in [0.1, 0.15) is 5.56 Å². The van der Waals surface area contributed by atoms with Crippen LogP contribution in [0.5, 0.6) is 5.75 Å². The first-order valence-corrected chi connectivity index (χ1v) is 5.91. The van der Waals surface area contributed by atoms with Crippen LogP contribution in [0.25, 0.3) is 0 Å². The van der Waals surface area contributed by atoms with Crippen molar-refractivity contribution in [1.29, 1.82) is 0 Å². The predicted octanol–water partition coefficient (Wildman–Crippen LogP) is 3.75. The Morgan fingerprint density at radius 2 is 1.88 bits per heavy atom. The van der Waals surface area contributed by atoms with Crippen molar-refractivity contribution in [2.75, 3.05) is 0 Å². The first kappa shape index (κ1) is 11.1. The topological polar surface area (TPSA) is 32.6 Å². The number of phenolic OH excluding ortho intramolecular Hbond substituents is 1. The van der Waals surface area contributed by atoms with E-state index >= 15 is 0 Å². The summed E-state index contributed by atoms with van der Waals surface area (Å²) >= 11 is 2.27. The third kappa shape index (κ3) is 2.82. The van der Waals surface area contributed by atoms with E-state index in [9.17, 15) is 5.11 Å². The van der Waals surface area contributed by atoms with Gasteiger partial charge in [-0.25, -0.2) is 0 Å². The summed E-state index contributed by atoms with van der Waals surface area (Å²) < 4.78 is 1.16. The molecule has 2 aromatic rings. The number of benzene rings is 2. The highest BCUT2D eigenvalue weighted by Gasteiger charge is 1.94. The fourth-order valence-corrected chi connectivity index (χ4v) is 1.82. The lowest BCUT2D eigenvalue weighted by Gasteiger charge is -1.97. The number of phenols is 1. The predicted molar refractivity (Wildman–Crippen MR) is 74.5 cm³/mol. The van der Waals surface area contributed by atoms with Crippen LogP contribution < -0.4 is 0 Å². The molecule has 0 aliphatic rings. The fraction of sp³-hybridized carbons (Fsp3) is 0. The van der Waals surface area contributed by atoms with Gasteiger partial charge in [-0.15, -0.1) is 0 Å². The second-order valence-corrected chi connectivity index (χ2v) is 4.46. The van der Waals surface area contributed by atoms with Crippen LogP contribution in [-0.2, 0) is 0 Å². The van der Waals surface area contributed by atoms with Gasteiger partial charge in [0.2, 0.25) is 0 Å². The first-order chi connectivity index (χ1) is 7.75. The van der Waals surface area contributed by atoms with E-state index in [-0.39, 0.29) is 5.75 Å². The summed E-state index contributed by atoms with van der Waals surface area (Å²) in [5, 5.41) is 9.29. The normalized spacial score (nSPS) is 10.8. The SMILES string of the molecule is Oc1cccc(N=Cc2ccccc2I)c1. The van der Waals surface area contributed by atoms with E-state index in [1.54, 1.807) is 24.4 Å². The Hall–Kier alpha value is -1.36.